The van der Waals surface area contributed by atoms with Gasteiger partial charge in [-0.3, -0.25) is 4.68 Å². The molecule has 0 radical (unpaired) electrons. The van der Waals surface area contributed by atoms with Gasteiger partial charge in [-0.05, 0) is 48.9 Å². The number of nitrogens with two attached hydrogens (primary N) is 1. The summed E-state index contributed by atoms with van der Waals surface area (Å²) in [5, 5.41) is 12.8. The van der Waals surface area contributed by atoms with Crippen LogP contribution in [0, 0.1) is 11.8 Å². The van der Waals surface area contributed by atoms with Crippen molar-refractivity contribution in [3.05, 3.63) is 48.9 Å². The molecule has 3 aliphatic rings. The predicted molar refractivity (Wildman–Crippen MR) is 135 cm³/mol. The van der Waals surface area contributed by atoms with Crippen LogP contribution in [0.15, 0.2) is 48.9 Å². The first-order valence-corrected chi connectivity index (χ1v) is 12.6. The molecule has 7 rings (SSSR count). The van der Waals surface area contributed by atoms with Gasteiger partial charge in [0.2, 0.25) is 0 Å². The summed E-state index contributed by atoms with van der Waals surface area (Å²) in [6, 6.07) is 13.4. The second-order valence-electron chi connectivity index (χ2n) is 9.99. The van der Waals surface area contributed by atoms with E-state index in [0.717, 1.165) is 92.1 Å². The fourth-order valence-corrected chi connectivity index (χ4v) is 6.15. The molecule has 0 bridgehead atoms. The molecule has 180 valence electrons. The molecule has 3 saturated heterocycles. The van der Waals surface area contributed by atoms with E-state index in [1.165, 1.54) is 12.0 Å². The van der Waals surface area contributed by atoms with Crippen LogP contribution in [0.3, 0.4) is 0 Å². The van der Waals surface area contributed by atoms with E-state index in [0.29, 0.717) is 11.9 Å². The first-order valence-electron chi connectivity index (χ1n) is 12.6. The summed E-state index contributed by atoms with van der Waals surface area (Å²) in [6.45, 7) is 6.01. The Labute approximate surface area is 203 Å². The second-order valence-corrected chi connectivity index (χ2v) is 9.99. The molecule has 0 spiro atoms. The van der Waals surface area contributed by atoms with Crippen LogP contribution >= 0.6 is 0 Å². The molecule has 0 aliphatic carbocycles. The molecule has 3 N–H and O–H groups in total. The number of rotatable bonds is 4. The van der Waals surface area contributed by atoms with Gasteiger partial charge >= 0.3 is 0 Å². The van der Waals surface area contributed by atoms with Gasteiger partial charge in [-0.15, -0.1) is 0 Å². The number of fused-ring (bicyclic) bond motifs is 2. The highest BCUT2D eigenvalue weighted by molar-refractivity contribution is 5.91. The molecule has 1 aromatic carbocycles. The minimum Gasteiger partial charge on any atom is -0.382 e. The van der Waals surface area contributed by atoms with E-state index in [1.54, 1.807) is 0 Å². The highest BCUT2D eigenvalue weighted by atomic mass is 16.5. The monoisotopic (exact) mass is 470 g/mol. The van der Waals surface area contributed by atoms with Crippen molar-refractivity contribution in [2.45, 2.75) is 18.9 Å². The van der Waals surface area contributed by atoms with Crippen LogP contribution in [-0.2, 0) is 4.74 Å². The van der Waals surface area contributed by atoms with E-state index in [1.807, 2.05) is 10.7 Å². The molecule has 9 heteroatoms. The zero-order valence-electron chi connectivity index (χ0n) is 19.7. The molecular formula is C26H30N8O. The van der Waals surface area contributed by atoms with Gasteiger partial charge in [0.1, 0.15) is 11.8 Å². The van der Waals surface area contributed by atoms with Crippen LogP contribution in [0.25, 0.3) is 28.0 Å². The van der Waals surface area contributed by atoms with Crippen molar-refractivity contribution >= 4 is 17.0 Å². The fraction of sp³-hybridized carbons (Fsp3) is 0.423. The molecule has 35 heavy (non-hydrogen) atoms. The van der Waals surface area contributed by atoms with Crippen molar-refractivity contribution in [1.82, 2.24) is 29.7 Å². The van der Waals surface area contributed by atoms with Crippen molar-refractivity contribution in [1.29, 1.82) is 0 Å². The van der Waals surface area contributed by atoms with Gasteiger partial charge < -0.3 is 20.7 Å². The standard InChI is InChI=1S/C26H30N8O/c27-26-25-22(23-4-7-30-33(23)20-5-8-35-9-6-20)11-24(34(25)31-16-29-26)17-2-1-3-21(10-17)32-14-18-12-28-13-19(18)15-32/h1-4,7,10-11,16,18-20,28H,5-6,8-9,12-15H2,(H2,27,29,31). The summed E-state index contributed by atoms with van der Waals surface area (Å²) >= 11 is 0. The van der Waals surface area contributed by atoms with Gasteiger partial charge in [0.05, 0.1) is 17.4 Å². The van der Waals surface area contributed by atoms with E-state index in [-0.39, 0.29) is 0 Å². The maximum absolute atomic E-state index is 6.43. The number of nitrogens with zero attached hydrogens (tertiary/aromatic N) is 6. The molecule has 9 nitrogen and oxygen atoms in total. The third kappa shape index (κ3) is 3.49. The number of benzene rings is 1. The lowest BCUT2D eigenvalue weighted by molar-refractivity contribution is 0.0667. The van der Waals surface area contributed by atoms with Crippen molar-refractivity contribution < 1.29 is 4.74 Å². The van der Waals surface area contributed by atoms with Gasteiger partial charge in [0.15, 0.2) is 5.82 Å². The largest absolute Gasteiger partial charge is 0.382 e. The van der Waals surface area contributed by atoms with Crippen molar-refractivity contribution in [3.63, 3.8) is 0 Å². The minimum atomic E-state index is 0.311. The molecule has 3 aliphatic heterocycles. The Balaban J connectivity index is 1.31. The Morgan fingerprint density at radius 3 is 2.63 bits per heavy atom. The van der Waals surface area contributed by atoms with Gasteiger partial charge in [-0.2, -0.15) is 10.2 Å². The van der Waals surface area contributed by atoms with Crippen LogP contribution < -0.4 is 16.0 Å². The van der Waals surface area contributed by atoms with Crippen LogP contribution in [0.2, 0.25) is 0 Å². The molecule has 2 atom stereocenters. The Bertz CT molecular complexity index is 1360. The first-order chi connectivity index (χ1) is 17.3. The third-order valence-electron chi connectivity index (χ3n) is 7.96. The average molecular weight is 471 g/mol. The van der Waals surface area contributed by atoms with Crippen molar-refractivity contribution in [2.75, 3.05) is 50.0 Å². The van der Waals surface area contributed by atoms with Gasteiger partial charge in [-0.25, -0.2) is 9.50 Å². The molecule has 4 aromatic rings. The molecular weight excluding hydrogens is 440 g/mol. The summed E-state index contributed by atoms with van der Waals surface area (Å²) in [7, 11) is 0. The lowest BCUT2D eigenvalue weighted by atomic mass is 10.0. The number of hydrogen-bond donors (Lipinski definition) is 2. The Kier molecular flexibility index (Phi) is 4.99. The Morgan fingerprint density at radius 1 is 0.971 bits per heavy atom. The fourth-order valence-electron chi connectivity index (χ4n) is 6.15. The van der Waals surface area contributed by atoms with E-state index in [2.05, 4.69) is 66.5 Å². The molecule has 6 heterocycles. The predicted octanol–water partition coefficient (Wildman–Crippen LogP) is 2.85. The zero-order valence-corrected chi connectivity index (χ0v) is 19.7. The summed E-state index contributed by atoms with van der Waals surface area (Å²) < 4.78 is 9.64. The lowest BCUT2D eigenvalue weighted by Crippen LogP contribution is -2.25. The molecule has 3 fully saturated rings. The quantitative estimate of drug-likeness (QED) is 0.473. The SMILES string of the molecule is Nc1ncnn2c(-c3cccc(N4CC5CNCC5C4)c3)cc(-c3ccnn3C3CCOCC3)c12. The summed E-state index contributed by atoms with van der Waals surface area (Å²) in [5.74, 6) is 1.96. The number of nitrogens with one attached hydrogen (secondary N) is 1. The highest BCUT2D eigenvalue weighted by Crippen LogP contribution is 2.38. The lowest BCUT2D eigenvalue weighted by Gasteiger charge is -2.24. The maximum Gasteiger partial charge on any atom is 0.152 e. The van der Waals surface area contributed by atoms with Gasteiger partial charge in [0, 0.05) is 62.4 Å². The van der Waals surface area contributed by atoms with Crippen molar-refractivity contribution in [2.24, 2.45) is 11.8 Å². The van der Waals surface area contributed by atoms with Gasteiger partial charge in [-0.1, -0.05) is 12.1 Å². The maximum atomic E-state index is 6.43. The molecule has 0 saturated carbocycles. The second kappa shape index (κ2) is 8.35. The summed E-state index contributed by atoms with van der Waals surface area (Å²) in [6.07, 6.45) is 5.31. The van der Waals surface area contributed by atoms with E-state index in [9.17, 15) is 0 Å². The third-order valence-corrected chi connectivity index (χ3v) is 7.96. The van der Waals surface area contributed by atoms with E-state index >= 15 is 0 Å². The van der Waals surface area contributed by atoms with Crippen molar-refractivity contribution in [3.8, 4) is 22.5 Å². The number of ether oxygens (including phenoxy) is 1. The highest BCUT2D eigenvalue weighted by Gasteiger charge is 2.36. The summed E-state index contributed by atoms with van der Waals surface area (Å²) in [5.41, 5.74) is 12.7. The Hall–Kier alpha value is -3.43. The number of anilines is 2. The van der Waals surface area contributed by atoms with E-state index in [4.69, 9.17) is 10.5 Å². The average Bonchev–Trinajstić information content (AvgIpc) is 3.67. The minimum absolute atomic E-state index is 0.311. The first kappa shape index (κ1) is 20.9. The number of nitrogen functional groups attached to an aromatic ring is 1. The molecule has 3 aromatic heterocycles. The van der Waals surface area contributed by atoms with Gasteiger partial charge in [0.25, 0.3) is 0 Å². The zero-order chi connectivity index (χ0) is 23.4. The topological polar surface area (TPSA) is 98.5 Å². The molecule has 2 unspecified atom stereocenters. The number of hydrogen-bond acceptors (Lipinski definition) is 7. The van der Waals surface area contributed by atoms with Crippen LogP contribution in [-0.4, -0.2) is 63.8 Å². The number of aromatic nitrogens is 5. The Morgan fingerprint density at radius 2 is 1.80 bits per heavy atom. The smallest absolute Gasteiger partial charge is 0.152 e. The molecule has 0 amide bonds. The van der Waals surface area contributed by atoms with Crippen LogP contribution in [0.1, 0.15) is 18.9 Å². The van der Waals surface area contributed by atoms with E-state index < -0.39 is 0 Å². The van der Waals surface area contributed by atoms with Crippen LogP contribution in [0.4, 0.5) is 11.5 Å². The summed E-state index contributed by atoms with van der Waals surface area (Å²) in [4.78, 5) is 6.85. The van der Waals surface area contributed by atoms with Crippen LogP contribution in [0.5, 0.6) is 0 Å². The normalized spacial score (nSPS) is 22.8.